The second-order valence-electron chi connectivity index (χ2n) is 8.36. The quantitative estimate of drug-likeness (QED) is 0.584. The van der Waals surface area contributed by atoms with Gasteiger partial charge in [-0.2, -0.15) is 0 Å². The summed E-state index contributed by atoms with van der Waals surface area (Å²) in [6, 6.07) is 11.4. The maximum Gasteiger partial charge on any atom is 0.289 e. The molecule has 6 nitrogen and oxygen atoms in total. The number of carbonyl (C=O) groups is 1. The molecule has 0 bridgehead atoms. The van der Waals surface area contributed by atoms with Crippen LogP contribution in [0.4, 0.5) is 0 Å². The molecule has 3 aromatic rings. The predicted molar refractivity (Wildman–Crippen MR) is 121 cm³/mol. The van der Waals surface area contributed by atoms with Gasteiger partial charge in [0.1, 0.15) is 5.82 Å². The molecular weight excluding hydrogens is 412 g/mol. The molecule has 4 rings (SSSR count). The Bertz CT molecular complexity index is 993. The number of rotatable bonds is 7. The fourth-order valence-electron chi connectivity index (χ4n) is 4.52. The number of benzene rings is 1. The molecule has 1 aromatic carbocycles. The highest BCUT2D eigenvalue weighted by molar-refractivity contribution is 6.31. The molecule has 31 heavy (non-hydrogen) atoms. The zero-order valence-corrected chi connectivity index (χ0v) is 18.8. The van der Waals surface area contributed by atoms with Gasteiger partial charge in [0, 0.05) is 36.5 Å². The minimum Gasteiger partial charge on any atom is -0.459 e. The topological polar surface area (TPSA) is 65.4 Å². The second-order valence-corrected chi connectivity index (χ2v) is 8.77. The summed E-state index contributed by atoms with van der Waals surface area (Å²) in [5.74, 6) is 1.62. The molecule has 1 aliphatic rings. The van der Waals surface area contributed by atoms with Crippen LogP contribution < -0.4 is 0 Å². The van der Waals surface area contributed by atoms with E-state index in [0.29, 0.717) is 11.7 Å². The number of aromatic amines is 1. The van der Waals surface area contributed by atoms with E-state index in [4.69, 9.17) is 16.0 Å². The number of aryl methyl sites for hydroxylation is 1. The van der Waals surface area contributed by atoms with E-state index in [1.54, 1.807) is 18.4 Å². The van der Waals surface area contributed by atoms with Crippen LogP contribution in [-0.4, -0.2) is 51.9 Å². The highest BCUT2D eigenvalue weighted by Gasteiger charge is 2.33. The van der Waals surface area contributed by atoms with Crippen LogP contribution in [0.25, 0.3) is 0 Å². The highest BCUT2D eigenvalue weighted by atomic mass is 35.5. The molecule has 3 heterocycles. The van der Waals surface area contributed by atoms with Crippen molar-refractivity contribution in [2.24, 2.45) is 5.92 Å². The minimum atomic E-state index is -0.0857. The first-order chi connectivity index (χ1) is 15.0. The number of likely N-dealkylation sites (N-methyl/N-ethyl adjacent to an activating group) is 1. The molecule has 1 fully saturated rings. The summed E-state index contributed by atoms with van der Waals surface area (Å²) < 4.78 is 5.38. The van der Waals surface area contributed by atoms with Gasteiger partial charge < -0.3 is 14.3 Å². The molecule has 1 atom stereocenters. The molecule has 0 saturated carbocycles. The van der Waals surface area contributed by atoms with Crippen molar-refractivity contribution >= 4 is 17.5 Å². The van der Waals surface area contributed by atoms with E-state index >= 15 is 0 Å². The number of aromatic nitrogens is 2. The first-order valence-electron chi connectivity index (χ1n) is 10.8. The number of hydrogen-bond acceptors (Lipinski definition) is 4. The Morgan fingerprint density at radius 3 is 2.71 bits per heavy atom. The molecule has 0 radical (unpaired) electrons. The molecular formula is C24H29ClN4O2. The minimum absolute atomic E-state index is 0.0500. The van der Waals surface area contributed by atoms with Crippen molar-refractivity contribution in [2.75, 3.05) is 20.1 Å². The average Bonchev–Trinajstić information content (AvgIpc) is 3.45. The summed E-state index contributed by atoms with van der Waals surface area (Å²) in [5, 5.41) is 0.749. The lowest BCUT2D eigenvalue weighted by atomic mass is 9.84. The van der Waals surface area contributed by atoms with Crippen LogP contribution in [0.5, 0.6) is 0 Å². The standard InChI is InChI=1S/C24H29ClN4O2/c1-17-26-15-20(27-17)16-29-11-9-18(10-12-29)22(14-19-6-3-4-7-21(19)25)28(2)24(30)23-8-5-13-31-23/h3-8,13,15,18,22H,9-12,14,16H2,1-2H3,(H,26,27). The number of H-pyrrole nitrogens is 1. The van der Waals surface area contributed by atoms with Crippen molar-refractivity contribution in [3.8, 4) is 0 Å². The lowest BCUT2D eigenvalue weighted by Gasteiger charge is -2.40. The number of likely N-dealkylation sites (tertiary alicyclic amines) is 1. The Morgan fingerprint density at radius 1 is 1.29 bits per heavy atom. The van der Waals surface area contributed by atoms with Gasteiger partial charge in [-0.05, 0) is 69.0 Å². The van der Waals surface area contributed by atoms with Crippen LogP contribution in [-0.2, 0) is 13.0 Å². The van der Waals surface area contributed by atoms with Gasteiger partial charge in [0.05, 0.1) is 6.26 Å². The monoisotopic (exact) mass is 440 g/mol. The fourth-order valence-corrected chi connectivity index (χ4v) is 4.74. The van der Waals surface area contributed by atoms with Gasteiger partial charge in [-0.3, -0.25) is 9.69 Å². The molecule has 0 aliphatic carbocycles. The third-order valence-electron chi connectivity index (χ3n) is 6.26. The number of nitrogens with zero attached hydrogens (tertiary/aromatic N) is 3. The summed E-state index contributed by atoms with van der Waals surface area (Å²) in [6.45, 7) is 4.83. The Hall–Kier alpha value is -2.57. The molecule has 1 aliphatic heterocycles. The summed E-state index contributed by atoms with van der Waals surface area (Å²) in [6.07, 6.45) is 6.24. The van der Waals surface area contributed by atoms with Crippen molar-refractivity contribution in [1.82, 2.24) is 19.8 Å². The number of imidazole rings is 1. The smallest absolute Gasteiger partial charge is 0.289 e. The van der Waals surface area contributed by atoms with Crippen LogP contribution in [0.15, 0.2) is 53.3 Å². The molecule has 1 amide bonds. The number of hydrogen-bond donors (Lipinski definition) is 1. The first-order valence-corrected chi connectivity index (χ1v) is 11.2. The van der Waals surface area contributed by atoms with Crippen LogP contribution in [0.1, 0.15) is 40.5 Å². The van der Waals surface area contributed by atoms with Gasteiger partial charge in [0.2, 0.25) is 0 Å². The molecule has 164 valence electrons. The molecule has 2 aromatic heterocycles. The van der Waals surface area contributed by atoms with Crippen molar-refractivity contribution in [3.63, 3.8) is 0 Å². The Kier molecular flexibility index (Phi) is 6.78. The van der Waals surface area contributed by atoms with Crippen molar-refractivity contribution in [3.05, 3.63) is 76.7 Å². The van der Waals surface area contributed by atoms with E-state index in [1.165, 1.54) is 0 Å². The van der Waals surface area contributed by atoms with E-state index in [0.717, 1.165) is 61.0 Å². The maximum atomic E-state index is 13.1. The summed E-state index contributed by atoms with van der Waals surface area (Å²) in [4.78, 5) is 25.0. The predicted octanol–water partition coefficient (Wildman–Crippen LogP) is 4.56. The lowest BCUT2D eigenvalue weighted by Crippen LogP contribution is -2.47. The third-order valence-corrected chi connectivity index (χ3v) is 6.63. The number of carbonyl (C=O) groups excluding carboxylic acids is 1. The molecule has 1 saturated heterocycles. The van der Waals surface area contributed by atoms with E-state index in [2.05, 4.69) is 20.9 Å². The zero-order valence-electron chi connectivity index (χ0n) is 18.1. The Balaban J connectivity index is 1.47. The summed E-state index contributed by atoms with van der Waals surface area (Å²) in [7, 11) is 1.88. The number of amides is 1. The van der Waals surface area contributed by atoms with Crippen LogP contribution >= 0.6 is 11.6 Å². The van der Waals surface area contributed by atoms with E-state index in [1.807, 2.05) is 43.3 Å². The third kappa shape index (κ3) is 5.20. The largest absolute Gasteiger partial charge is 0.459 e. The number of piperidine rings is 1. The molecule has 0 spiro atoms. The van der Waals surface area contributed by atoms with Crippen molar-refractivity contribution in [2.45, 2.75) is 38.8 Å². The van der Waals surface area contributed by atoms with Gasteiger partial charge in [0.25, 0.3) is 5.91 Å². The number of furan rings is 1. The second kappa shape index (κ2) is 9.71. The average molecular weight is 441 g/mol. The van der Waals surface area contributed by atoms with Gasteiger partial charge >= 0.3 is 0 Å². The Morgan fingerprint density at radius 2 is 2.06 bits per heavy atom. The van der Waals surface area contributed by atoms with E-state index < -0.39 is 0 Å². The van der Waals surface area contributed by atoms with Crippen LogP contribution in [0.2, 0.25) is 5.02 Å². The van der Waals surface area contributed by atoms with Gasteiger partial charge in [-0.25, -0.2) is 4.98 Å². The van der Waals surface area contributed by atoms with E-state index in [-0.39, 0.29) is 11.9 Å². The maximum absolute atomic E-state index is 13.1. The van der Waals surface area contributed by atoms with Crippen LogP contribution in [0.3, 0.4) is 0 Å². The summed E-state index contributed by atoms with van der Waals surface area (Å²) >= 11 is 6.47. The van der Waals surface area contributed by atoms with Crippen molar-refractivity contribution in [1.29, 1.82) is 0 Å². The van der Waals surface area contributed by atoms with Crippen molar-refractivity contribution < 1.29 is 9.21 Å². The van der Waals surface area contributed by atoms with Crippen LogP contribution in [0, 0.1) is 12.8 Å². The van der Waals surface area contributed by atoms with E-state index in [9.17, 15) is 4.79 Å². The SMILES string of the molecule is Cc1ncc(CN2CCC(C(Cc3ccccc3Cl)N(C)C(=O)c3ccco3)CC2)[nH]1. The number of nitrogens with one attached hydrogen (secondary N) is 1. The first kappa shape index (κ1) is 21.7. The fraction of sp³-hybridized carbons (Fsp3) is 0.417. The molecule has 1 unspecified atom stereocenters. The van der Waals surface area contributed by atoms with Gasteiger partial charge in [0.15, 0.2) is 5.76 Å². The summed E-state index contributed by atoms with van der Waals surface area (Å²) in [5.41, 5.74) is 2.22. The number of halogens is 1. The Labute approximate surface area is 188 Å². The normalized spacial score (nSPS) is 16.4. The highest BCUT2D eigenvalue weighted by Crippen LogP contribution is 2.29. The van der Waals surface area contributed by atoms with Gasteiger partial charge in [-0.1, -0.05) is 29.8 Å². The lowest BCUT2D eigenvalue weighted by molar-refractivity contribution is 0.0555. The molecule has 1 N–H and O–H groups in total. The molecule has 7 heteroatoms. The van der Waals surface area contributed by atoms with Gasteiger partial charge in [-0.15, -0.1) is 0 Å². The zero-order chi connectivity index (χ0) is 21.8.